The summed E-state index contributed by atoms with van der Waals surface area (Å²) in [6, 6.07) is 16.8. The van der Waals surface area contributed by atoms with Gasteiger partial charge in [-0.25, -0.2) is 14.8 Å². The number of nitrogen functional groups attached to an aromatic ring is 2. The molecule has 4 rings (SSSR count). The van der Waals surface area contributed by atoms with Crippen molar-refractivity contribution in [1.29, 1.82) is 0 Å². The van der Waals surface area contributed by atoms with E-state index in [9.17, 15) is 9.90 Å². The number of carboxylic acids is 1. The molecule has 0 aliphatic carbocycles. The maximum Gasteiger partial charge on any atom is 1.00 e. The molecule has 0 unspecified atom stereocenters. The molecule has 0 saturated carbocycles. The topological polar surface area (TPSA) is 145 Å². The number of carboxylic acid groups (broad SMARTS) is 1. The van der Waals surface area contributed by atoms with Crippen molar-refractivity contribution in [3.63, 3.8) is 0 Å². The molecule has 0 spiro atoms. The third-order valence-electron chi connectivity index (χ3n) is 3.97. The van der Waals surface area contributed by atoms with Crippen LogP contribution >= 0.6 is 11.3 Å². The average Bonchev–Trinajstić information content (AvgIpc) is 2.99. The first-order valence-corrected chi connectivity index (χ1v) is 8.61. The fourth-order valence-electron chi connectivity index (χ4n) is 2.79. The zero-order valence-electron chi connectivity index (χ0n) is 15.0. The minimum atomic E-state index is -1.08. The van der Waals surface area contributed by atoms with Crippen LogP contribution in [0.2, 0.25) is 0 Å². The first kappa shape index (κ1) is 22.4. The minimum Gasteiger partial charge on any atom is -0.870 e. The SMILES string of the molecule is Nc1cccc(-c2nc(-c3ccccc3)nc3sc(C(=O)O)c(N)c23)c1.[K+].[OH-]. The van der Waals surface area contributed by atoms with Gasteiger partial charge in [0.1, 0.15) is 9.71 Å². The number of hydrogen-bond donors (Lipinski definition) is 3. The Balaban J connectivity index is 0.00000140. The van der Waals surface area contributed by atoms with Gasteiger partial charge in [-0.2, -0.15) is 0 Å². The Bertz CT molecular complexity index is 1150. The second-order valence-corrected chi connectivity index (χ2v) is 6.72. The number of carbonyl (C=O) groups is 1. The van der Waals surface area contributed by atoms with Crippen molar-refractivity contribution in [3.8, 4) is 22.6 Å². The van der Waals surface area contributed by atoms with Gasteiger partial charge in [0.05, 0.1) is 16.8 Å². The van der Waals surface area contributed by atoms with E-state index in [-0.39, 0.29) is 67.4 Å². The fraction of sp³-hybridized carbons (Fsp3) is 0. The molecule has 2 aromatic carbocycles. The van der Waals surface area contributed by atoms with Gasteiger partial charge >= 0.3 is 57.4 Å². The molecule has 0 aliphatic heterocycles. The molecule has 0 radical (unpaired) electrons. The largest absolute Gasteiger partial charge is 1.00 e. The molecule has 6 N–H and O–H groups in total. The third kappa shape index (κ3) is 4.10. The van der Waals surface area contributed by atoms with E-state index in [4.69, 9.17) is 11.5 Å². The van der Waals surface area contributed by atoms with Gasteiger partial charge in [-0.05, 0) is 12.1 Å². The number of fused-ring (bicyclic) bond motifs is 1. The predicted octanol–water partition coefficient (Wildman–Crippen LogP) is 0.715. The van der Waals surface area contributed by atoms with Crippen LogP contribution in [-0.4, -0.2) is 26.5 Å². The van der Waals surface area contributed by atoms with E-state index >= 15 is 0 Å². The summed E-state index contributed by atoms with van der Waals surface area (Å²) < 4.78 is 0. The molecule has 0 aliphatic rings. The van der Waals surface area contributed by atoms with Crippen LogP contribution < -0.4 is 62.9 Å². The number of aromatic nitrogens is 2. The summed E-state index contributed by atoms with van der Waals surface area (Å²) in [6.07, 6.45) is 0. The Kier molecular flexibility index (Phi) is 7.29. The minimum absolute atomic E-state index is 0. The molecule has 2 heterocycles. The number of benzene rings is 2. The molecular formula is C19H15KN4O3S. The molecule has 2 aromatic heterocycles. The zero-order valence-corrected chi connectivity index (χ0v) is 18.9. The number of thiophene rings is 1. The molecule has 0 bridgehead atoms. The molecule has 0 saturated heterocycles. The van der Waals surface area contributed by atoms with Gasteiger partial charge in [-0.3, -0.25) is 0 Å². The average molecular weight is 419 g/mol. The van der Waals surface area contributed by atoms with E-state index in [1.54, 1.807) is 12.1 Å². The van der Waals surface area contributed by atoms with Crippen LogP contribution in [0, 0.1) is 0 Å². The van der Waals surface area contributed by atoms with Crippen molar-refractivity contribution in [2.75, 3.05) is 11.5 Å². The van der Waals surface area contributed by atoms with Gasteiger partial charge in [0, 0.05) is 16.8 Å². The smallest absolute Gasteiger partial charge is 0.870 e. The molecule has 7 nitrogen and oxygen atoms in total. The van der Waals surface area contributed by atoms with Gasteiger partial charge in [-0.1, -0.05) is 42.5 Å². The van der Waals surface area contributed by atoms with Gasteiger partial charge < -0.3 is 22.1 Å². The van der Waals surface area contributed by atoms with Crippen LogP contribution in [0.5, 0.6) is 0 Å². The molecule has 0 amide bonds. The normalized spacial score (nSPS) is 10.1. The van der Waals surface area contributed by atoms with Crippen molar-refractivity contribution in [2.45, 2.75) is 0 Å². The molecule has 28 heavy (non-hydrogen) atoms. The van der Waals surface area contributed by atoms with Crippen LogP contribution in [0.15, 0.2) is 54.6 Å². The summed E-state index contributed by atoms with van der Waals surface area (Å²) in [5.41, 5.74) is 15.0. The van der Waals surface area contributed by atoms with Crippen LogP contribution in [0.3, 0.4) is 0 Å². The molecule has 0 atom stereocenters. The van der Waals surface area contributed by atoms with Gasteiger partial charge in [0.15, 0.2) is 5.82 Å². The van der Waals surface area contributed by atoms with E-state index in [0.29, 0.717) is 27.4 Å². The number of hydrogen-bond acceptors (Lipinski definition) is 7. The number of nitrogens with zero attached hydrogens (tertiary/aromatic N) is 2. The van der Waals surface area contributed by atoms with E-state index in [1.807, 2.05) is 42.5 Å². The molecule has 136 valence electrons. The van der Waals surface area contributed by atoms with E-state index in [2.05, 4.69) is 9.97 Å². The van der Waals surface area contributed by atoms with Crippen molar-refractivity contribution in [2.24, 2.45) is 0 Å². The maximum atomic E-state index is 11.5. The van der Waals surface area contributed by atoms with Crippen molar-refractivity contribution in [3.05, 3.63) is 59.5 Å². The van der Waals surface area contributed by atoms with Crippen LogP contribution in [-0.2, 0) is 0 Å². The Morgan fingerprint density at radius 3 is 2.29 bits per heavy atom. The first-order chi connectivity index (χ1) is 12.5. The van der Waals surface area contributed by atoms with Crippen LogP contribution in [0.4, 0.5) is 11.4 Å². The Morgan fingerprint density at radius 1 is 0.964 bits per heavy atom. The Hall–Kier alpha value is -1.85. The van der Waals surface area contributed by atoms with Crippen molar-refractivity contribution in [1.82, 2.24) is 9.97 Å². The molecule has 4 aromatic rings. The first-order valence-electron chi connectivity index (χ1n) is 7.79. The van der Waals surface area contributed by atoms with Gasteiger partial charge in [0.2, 0.25) is 0 Å². The summed E-state index contributed by atoms with van der Waals surface area (Å²) in [5, 5.41) is 9.96. The van der Waals surface area contributed by atoms with E-state index in [0.717, 1.165) is 22.5 Å². The zero-order chi connectivity index (χ0) is 18.3. The Labute approximate surface area is 207 Å². The van der Waals surface area contributed by atoms with E-state index < -0.39 is 5.97 Å². The number of nitrogens with two attached hydrogens (primary N) is 2. The molecule has 9 heteroatoms. The summed E-state index contributed by atoms with van der Waals surface area (Å²) in [4.78, 5) is 21.3. The van der Waals surface area contributed by atoms with E-state index in [1.165, 1.54) is 0 Å². The summed E-state index contributed by atoms with van der Waals surface area (Å²) in [7, 11) is 0. The number of rotatable bonds is 3. The quantitative estimate of drug-likeness (QED) is 0.328. The van der Waals surface area contributed by atoms with Gasteiger partial charge in [0.25, 0.3) is 0 Å². The summed E-state index contributed by atoms with van der Waals surface area (Å²) in [5.74, 6) is -0.570. The fourth-order valence-corrected chi connectivity index (χ4v) is 3.73. The standard InChI is InChI=1S/C19H14N4O2S.K.H2O/c20-12-8-4-7-11(9-12)15-13-14(21)16(19(24)25)26-18(13)23-17(22-15)10-5-2-1-3-6-10;;/h1-9H,20-21H2,(H,24,25);;1H2/q;+1;/p-1. The number of aromatic carboxylic acids is 1. The summed E-state index contributed by atoms with van der Waals surface area (Å²) >= 11 is 1.05. The molecule has 0 fully saturated rings. The van der Waals surface area contributed by atoms with Crippen molar-refractivity contribution < 1.29 is 66.8 Å². The van der Waals surface area contributed by atoms with Crippen LogP contribution in [0.25, 0.3) is 32.9 Å². The second kappa shape index (κ2) is 9.10. The van der Waals surface area contributed by atoms with Crippen LogP contribution in [0.1, 0.15) is 9.67 Å². The molecular weight excluding hydrogens is 403 g/mol. The predicted molar refractivity (Wildman–Crippen MR) is 106 cm³/mol. The van der Waals surface area contributed by atoms with Crippen molar-refractivity contribution >= 4 is 38.9 Å². The Morgan fingerprint density at radius 2 is 1.64 bits per heavy atom. The van der Waals surface area contributed by atoms with Gasteiger partial charge in [-0.15, -0.1) is 11.3 Å². The summed E-state index contributed by atoms with van der Waals surface area (Å²) in [6.45, 7) is 0. The second-order valence-electron chi connectivity index (χ2n) is 5.72. The third-order valence-corrected chi connectivity index (χ3v) is 5.06. The number of anilines is 2. The maximum absolute atomic E-state index is 11.5. The monoisotopic (exact) mass is 418 g/mol.